The molecule has 3 heterocycles. The number of piperidine rings is 1. The van der Waals surface area contributed by atoms with E-state index in [0.717, 1.165) is 29.7 Å². The number of nitrogens with zero attached hydrogens (tertiary/aromatic N) is 4. The minimum Gasteiger partial charge on any atom is -0.481 e. The lowest BCUT2D eigenvalue weighted by Crippen LogP contribution is -2.42. The predicted octanol–water partition coefficient (Wildman–Crippen LogP) is 5.21. The molecule has 3 rings (SSSR count). The summed E-state index contributed by atoms with van der Waals surface area (Å²) >= 11 is 1.68. The summed E-state index contributed by atoms with van der Waals surface area (Å²) in [5, 5.41) is 6.70. The van der Waals surface area contributed by atoms with Gasteiger partial charge in [0.2, 0.25) is 5.88 Å². The first-order chi connectivity index (χ1) is 14.6. The highest BCUT2D eigenvalue weighted by molar-refractivity contribution is 8.01. The third kappa shape index (κ3) is 5.34. The van der Waals surface area contributed by atoms with E-state index in [4.69, 9.17) is 14.5 Å². The van der Waals surface area contributed by atoms with Crippen molar-refractivity contribution in [3.05, 3.63) is 28.9 Å². The number of hydrogen-bond acceptors (Lipinski definition) is 6. The van der Waals surface area contributed by atoms with Gasteiger partial charge in [0.1, 0.15) is 5.60 Å². The standard InChI is InChI=1S/C23H34N4O3S/c1-15(2)18(14-31-7)17-12-24-27-20(29-6)11-19(25-21(17)27)16-9-8-10-26(13-16)22(28)30-23(3,4)5/h11-12,14-16H,8-10,13H2,1-7H3/b18-14+. The van der Waals surface area contributed by atoms with E-state index in [0.29, 0.717) is 24.9 Å². The lowest BCUT2D eigenvalue weighted by Gasteiger charge is -2.34. The average molecular weight is 447 g/mol. The largest absolute Gasteiger partial charge is 0.481 e. The molecule has 8 heteroatoms. The summed E-state index contributed by atoms with van der Waals surface area (Å²) < 4.78 is 13.0. The summed E-state index contributed by atoms with van der Waals surface area (Å²) in [5.41, 5.74) is 3.43. The highest BCUT2D eigenvalue weighted by Crippen LogP contribution is 2.33. The van der Waals surface area contributed by atoms with Crippen LogP contribution in [0.5, 0.6) is 5.88 Å². The monoisotopic (exact) mass is 446 g/mol. The molecule has 1 amide bonds. The second-order valence-electron chi connectivity index (χ2n) is 9.25. The number of allylic oxidation sites excluding steroid dienone is 1. The fourth-order valence-electron chi connectivity index (χ4n) is 3.86. The van der Waals surface area contributed by atoms with Crippen LogP contribution in [-0.4, -0.2) is 57.6 Å². The van der Waals surface area contributed by atoms with Gasteiger partial charge in [0.15, 0.2) is 5.65 Å². The highest BCUT2D eigenvalue weighted by atomic mass is 32.2. The van der Waals surface area contributed by atoms with Gasteiger partial charge in [-0.15, -0.1) is 11.8 Å². The van der Waals surface area contributed by atoms with Crippen molar-refractivity contribution in [1.29, 1.82) is 0 Å². The maximum atomic E-state index is 12.6. The van der Waals surface area contributed by atoms with Gasteiger partial charge in [0.25, 0.3) is 0 Å². The number of carbonyl (C=O) groups excluding carboxylic acids is 1. The van der Waals surface area contributed by atoms with E-state index in [1.807, 2.05) is 33.0 Å². The van der Waals surface area contributed by atoms with Crippen LogP contribution in [0.15, 0.2) is 17.7 Å². The zero-order chi connectivity index (χ0) is 22.8. The molecule has 0 aliphatic carbocycles. The van der Waals surface area contributed by atoms with Crippen LogP contribution in [0.1, 0.15) is 64.6 Å². The van der Waals surface area contributed by atoms with Crippen molar-refractivity contribution in [1.82, 2.24) is 19.5 Å². The molecule has 31 heavy (non-hydrogen) atoms. The molecule has 0 N–H and O–H groups in total. The first-order valence-corrected chi connectivity index (χ1v) is 12.1. The molecule has 1 fully saturated rings. The van der Waals surface area contributed by atoms with Gasteiger partial charge in [-0.3, -0.25) is 0 Å². The van der Waals surface area contributed by atoms with Crippen LogP contribution in [-0.2, 0) is 4.74 Å². The number of carbonyl (C=O) groups is 1. The summed E-state index contributed by atoms with van der Waals surface area (Å²) in [6.07, 6.45) is 5.53. The number of ether oxygens (including phenoxy) is 2. The van der Waals surface area contributed by atoms with Gasteiger partial charge in [-0.25, -0.2) is 9.78 Å². The SMILES string of the molecule is COc1cc(C2CCCN(C(=O)OC(C)(C)C)C2)nc2c(/C(=C/SC)C(C)C)cnn12. The van der Waals surface area contributed by atoms with Crippen molar-refractivity contribution in [2.45, 2.75) is 59.0 Å². The van der Waals surface area contributed by atoms with Crippen molar-refractivity contribution in [2.24, 2.45) is 5.92 Å². The number of rotatable bonds is 5. The van der Waals surface area contributed by atoms with Crippen LogP contribution in [0, 0.1) is 5.92 Å². The van der Waals surface area contributed by atoms with Crippen molar-refractivity contribution in [3.8, 4) is 5.88 Å². The lowest BCUT2D eigenvalue weighted by molar-refractivity contribution is 0.0197. The zero-order valence-electron chi connectivity index (χ0n) is 19.6. The minimum absolute atomic E-state index is 0.120. The first kappa shape index (κ1) is 23.4. The Labute approximate surface area is 189 Å². The smallest absolute Gasteiger partial charge is 0.410 e. The second-order valence-corrected chi connectivity index (χ2v) is 9.95. The molecule has 0 radical (unpaired) electrons. The summed E-state index contributed by atoms with van der Waals surface area (Å²) in [6, 6.07) is 1.94. The molecule has 1 atom stereocenters. The normalized spacial score (nSPS) is 18.0. The van der Waals surface area contributed by atoms with Crippen LogP contribution in [0.4, 0.5) is 4.79 Å². The Morgan fingerprint density at radius 1 is 1.35 bits per heavy atom. The Morgan fingerprint density at radius 2 is 2.10 bits per heavy atom. The Hall–Kier alpha value is -2.22. The molecule has 0 aromatic carbocycles. The summed E-state index contributed by atoms with van der Waals surface area (Å²) in [6.45, 7) is 11.3. The van der Waals surface area contributed by atoms with Gasteiger partial charge in [-0.1, -0.05) is 13.8 Å². The third-order valence-electron chi connectivity index (χ3n) is 5.34. The van der Waals surface area contributed by atoms with E-state index >= 15 is 0 Å². The quantitative estimate of drug-likeness (QED) is 0.628. The van der Waals surface area contributed by atoms with Gasteiger partial charge in [-0.05, 0) is 56.8 Å². The van der Waals surface area contributed by atoms with Gasteiger partial charge in [0.05, 0.1) is 19.0 Å². The molecule has 2 aromatic rings. The highest BCUT2D eigenvalue weighted by Gasteiger charge is 2.30. The minimum atomic E-state index is -0.506. The number of thioether (sulfide) groups is 1. The molecular weight excluding hydrogens is 412 g/mol. The molecule has 7 nitrogen and oxygen atoms in total. The number of hydrogen-bond donors (Lipinski definition) is 0. The Bertz CT molecular complexity index is 962. The molecule has 0 saturated carbocycles. The Balaban J connectivity index is 1.97. The van der Waals surface area contributed by atoms with E-state index in [1.165, 1.54) is 5.57 Å². The molecule has 0 bridgehead atoms. The fraction of sp³-hybridized carbons (Fsp3) is 0.609. The van der Waals surface area contributed by atoms with Gasteiger partial charge < -0.3 is 14.4 Å². The Kier molecular flexibility index (Phi) is 7.19. The fourth-order valence-corrected chi connectivity index (χ4v) is 4.51. The third-order valence-corrected chi connectivity index (χ3v) is 5.83. The maximum absolute atomic E-state index is 12.6. The number of likely N-dealkylation sites (tertiary alicyclic amines) is 1. The second kappa shape index (κ2) is 9.51. The zero-order valence-corrected chi connectivity index (χ0v) is 20.5. The van der Waals surface area contributed by atoms with Crippen molar-refractivity contribution >= 4 is 29.1 Å². The molecular formula is C23H34N4O3S. The predicted molar refractivity (Wildman–Crippen MR) is 126 cm³/mol. The van der Waals surface area contributed by atoms with Crippen LogP contribution in [0.2, 0.25) is 0 Å². The van der Waals surface area contributed by atoms with Crippen LogP contribution in [0.25, 0.3) is 11.2 Å². The van der Waals surface area contributed by atoms with Crippen molar-refractivity contribution in [2.75, 3.05) is 26.5 Å². The van der Waals surface area contributed by atoms with Crippen LogP contribution < -0.4 is 4.74 Å². The number of methoxy groups -OCH3 is 1. The van der Waals surface area contributed by atoms with E-state index in [-0.39, 0.29) is 12.0 Å². The van der Waals surface area contributed by atoms with E-state index in [9.17, 15) is 4.79 Å². The summed E-state index contributed by atoms with van der Waals surface area (Å²) in [7, 11) is 1.65. The van der Waals surface area contributed by atoms with Crippen LogP contribution in [0.3, 0.4) is 0 Å². The molecule has 1 unspecified atom stereocenters. The lowest BCUT2D eigenvalue weighted by atomic mass is 9.94. The van der Waals surface area contributed by atoms with Gasteiger partial charge >= 0.3 is 6.09 Å². The van der Waals surface area contributed by atoms with E-state index in [1.54, 1.807) is 28.3 Å². The molecule has 2 aromatic heterocycles. The number of fused-ring (bicyclic) bond motifs is 1. The topological polar surface area (TPSA) is 69.0 Å². The summed E-state index contributed by atoms with van der Waals surface area (Å²) in [4.78, 5) is 19.4. The van der Waals surface area contributed by atoms with Crippen LogP contribution >= 0.6 is 11.8 Å². The van der Waals surface area contributed by atoms with Crippen molar-refractivity contribution < 1.29 is 14.3 Å². The van der Waals surface area contributed by atoms with Gasteiger partial charge in [-0.2, -0.15) is 9.61 Å². The van der Waals surface area contributed by atoms with E-state index in [2.05, 4.69) is 30.6 Å². The molecule has 170 valence electrons. The van der Waals surface area contributed by atoms with E-state index < -0.39 is 5.60 Å². The average Bonchev–Trinajstić information content (AvgIpc) is 3.13. The molecule has 1 aliphatic rings. The molecule has 1 aliphatic heterocycles. The number of aromatic nitrogens is 3. The van der Waals surface area contributed by atoms with Gasteiger partial charge in [0, 0.05) is 30.6 Å². The molecule has 1 saturated heterocycles. The number of amides is 1. The maximum Gasteiger partial charge on any atom is 0.410 e. The Morgan fingerprint density at radius 3 is 2.71 bits per heavy atom. The first-order valence-electron chi connectivity index (χ1n) is 10.8. The summed E-state index contributed by atoms with van der Waals surface area (Å²) in [5.74, 6) is 1.11. The van der Waals surface area contributed by atoms with Crippen molar-refractivity contribution in [3.63, 3.8) is 0 Å². The molecule has 0 spiro atoms.